The number of carbonyl (C=O) groups is 1. The molecule has 1 saturated heterocycles. The molecule has 3 heterocycles. The summed E-state index contributed by atoms with van der Waals surface area (Å²) >= 11 is 1.22. The number of allylic oxidation sites excluding steroid dienone is 1. The highest BCUT2D eigenvalue weighted by Crippen LogP contribution is 2.38. The zero-order valence-corrected chi connectivity index (χ0v) is 20.0. The number of nitrogens with two attached hydrogens (primary N) is 2. The molecular weight excluding hydrogens is 474 g/mol. The van der Waals surface area contributed by atoms with Gasteiger partial charge in [-0.1, -0.05) is 12.8 Å². The minimum atomic E-state index is -3.06. The maximum absolute atomic E-state index is 14.5. The molecular formula is C23H28F2N8OS. The number of thiazole rings is 1. The minimum absolute atomic E-state index is 0.0569. The average Bonchev–Trinajstić information content (AvgIpc) is 3.60. The van der Waals surface area contributed by atoms with Crippen molar-refractivity contribution in [2.75, 3.05) is 16.8 Å². The molecule has 0 radical (unpaired) electrons. The van der Waals surface area contributed by atoms with E-state index in [1.54, 1.807) is 11.5 Å². The van der Waals surface area contributed by atoms with Gasteiger partial charge in [0.2, 0.25) is 11.9 Å². The van der Waals surface area contributed by atoms with Crippen LogP contribution < -0.4 is 21.7 Å². The number of fused-ring (bicyclic) bond motifs is 1. The van der Waals surface area contributed by atoms with Gasteiger partial charge in [0.1, 0.15) is 11.9 Å². The first-order valence-corrected chi connectivity index (χ1v) is 12.7. The van der Waals surface area contributed by atoms with Gasteiger partial charge in [-0.3, -0.25) is 4.79 Å². The maximum atomic E-state index is 14.5. The Morgan fingerprint density at radius 2 is 2.03 bits per heavy atom. The SMILES string of the molecule is NC(/C=C(\N)C1CCCC1)=Nc1nc(N2CC(F)(F)CC2C(=O)Nc2nccs2)nc2c1CCC2. The number of nitrogens with zero attached hydrogens (tertiary/aromatic N) is 5. The number of rotatable bonds is 6. The van der Waals surface area contributed by atoms with Crippen molar-refractivity contribution < 1.29 is 13.6 Å². The van der Waals surface area contributed by atoms with Crippen molar-refractivity contribution in [2.45, 2.75) is 63.3 Å². The Hall–Kier alpha value is -3.15. The van der Waals surface area contributed by atoms with E-state index in [2.05, 4.69) is 25.3 Å². The van der Waals surface area contributed by atoms with Gasteiger partial charge < -0.3 is 21.7 Å². The van der Waals surface area contributed by atoms with Crippen molar-refractivity contribution in [3.8, 4) is 0 Å². The summed E-state index contributed by atoms with van der Waals surface area (Å²) in [5, 5.41) is 4.67. The number of aromatic nitrogens is 3. The van der Waals surface area contributed by atoms with Crippen LogP contribution in [0.4, 0.5) is 25.7 Å². The molecule has 0 aromatic carbocycles. The Bertz CT molecular complexity index is 1160. The summed E-state index contributed by atoms with van der Waals surface area (Å²) < 4.78 is 29.0. The molecule has 1 unspecified atom stereocenters. The van der Waals surface area contributed by atoms with Gasteiger partial charge in [-0.15, -0.1) is 11.3 Å². The second-order valence-corrected chi connectivity index (χ2v) is 10.2. The number of nitrogens with one attached hydrogen (secondary N) is 1. The van der Waals surface area contributed by atoms with E-state index in [4.69, 9.17) is 11.5 Å². The van der Waals surface area contributed by atoms with E-state index in [0.29, 0.717) is 29.0 Å². The van der Waals surface area contributed by atoms with Crippen LogP contribution in [0, 0.1) is 5.92 Å². The summed E-state index contributed by atoms with van der Waals surface area (Å²) in [6, 6.07) is -1.14. The van der Waals surface area contributed by atoms with Crippen LogP contribution in [0.2, 0.25) is 0 Å². The van der Waals surface area contributed by atoms with Crippen molar-refractivity contribution in [2.24, 2.45) is 22.4 Å². The van der Waals surface area contributed by atoms with E-state index in [0.717, 1.165) is 49.8 Å². The monoisotopic (exact) mass is 502 g/mol. The molecule has 0 spiro atoms. The quantitative estimate of drug-likeness (QED) is 0.407. The smallest absolute Gasteiger partial charge is 0.267 e. The average molecular weight is 503 g/mol. The number of aliphatic imine (C=N–C) groups is 1. The van der Waals surface area contributed by atoms with Crippen LogP contribution in [0.15, 0.2) is 28.3 Å². The highest BCUT2D eigenvalue weighted by atomic mass is 32.1. The molecule has 1 atom stereocenters. The van der Waals surface area contributed by atoms with Gasteiger partial charge in [0, 0.05) is 29.3 Å². The third-order valence-corrected chi connectivity index (χ3v) is 7.46. The first-order valence-electron chi connectivity index (χ1n) is 11.8. The van der Waals surface area contributed by atoms with Crippen molar-refractivity contribution >= 4 is 40.0 Å². The van der Waals surface area contributed by atoms with Crippen molar-refractivity contribution in [3.05, 3.63) is 34.6 Å². The van der Waals surface area contributed by atoms with Gasteiger partial charge in [-0.2, -0.15) is 4.98 Å². The zero-order chi connectivity index (χ0) is 24.6. The van der Waals surface area contributed by atoms with Crippen LogP contribution in [0.25, 0.3) is 0 Å². The molecule has 1 aliphatic heterocycles. The van der Waals surface area contributed by atoms with Gasteiger partial charge in [0.25, 0.3) is 5.92 Å². The molecule has 12 heteroatoms. The lowest BCUT2D eigenvalue weighted by molar-refractivity contribution is -0.118. The van der Waals surface area contributed by atoms with Crippen molar-refractivity contribution in [1.82, 2.24) is 15.0 Å². The second-order valence-electron chi connectivity index (χ2n) is 9.32. The third-order valence-electron chi connectivity index (χ3n) is 6.77. The molecule has 1 saturated carbocycles. The number of aryl methyl sites for hydroxylation is 1. The normalized spacial score (nSPS) is 22.6. The summed E-state index contributed by atoms with van der Waals surface area (Å²) in [5.41, 5.74) is 14.8. The molecule has 2 aliphatic carbocycles. The molecule has 9 nitrogen and oxygen atoms in total. The molecule has 186 valence electrons. The van der Waals surface area contributed by atoms with Gasteiger partial charge in [-0.25, -0.2) is 23.7 Å². The first kappa shape index (κ1) is 23.6. The number of amides is 1. The highest BCUT2D eigenvalue weighted by molar-refractivity contribution is 7.13. The molecule has 3 aliphatic rings. The molecule has 0 bridgehead atoms. The molecule has 35 heavy (non-hydrogen) atoms. The van der Waals surface area contributed by atoms with Crippen LogP contribution in [0.5, 0.6) is 0 Å². The molecule has 5 N–H and O–H groups in total. The van der Waals surface area contributed by atoms with E-state index in [-0.39, 0.29) is 11.8 Å². The maximum Gasteiger partial charge on any atom is 0.267 e. The summed E-state index contributed by atoms with van der Waals surface area (Å²) in [6.45, 7) is -0.658. The molecule has 2 aromatic heterocycles. The molecule has 2 fully saturated rings. The lowest BCUT2D eigenvalue weighted by Crippen LogP contribution is -2.40. The van der Waals surface area contributed by atoms with E-state index >= 15 is 0 Å². The number of anilines is 2. The lowest BCUT2D eigenvalue weighted by Gasteiger charge is -2.23. The largest absolute Gasteiger partial charge is 0.402 e. The van der Waals surface area contributed by atoms with Gasteiger partial charge in [0.05, 0.1) is 12.2 Å². The summed E-state index contributed by atoms with van der Waals surface area (Å²) in [4.78, 5) is 31.7. The first-order chi connectivity index (χ1) is 16.8. The van der Waals surface area contributed by atoms with Crippen LogP contribution in [-0.2, 0) is 17.6 Å². The zero-order valence-electron chi connectivity index (χ0n) is 19.2. The minimum Gasteiger partial charge on any atom is -0.402 e. The predicted octanol–water partition coefficient (Wildman–Crippen LogP) is 3.30. The van der Waals surface area contributed by atoms with Crippen LogP contribution in [0.3, 0.4) is 0 Å². The number of hydrogen-bond acceptors (Lipinski definition) is 8. The lowest BCUT2D eigenvalue weighted by atomic mass is 10.0. The number of carbonyl (C=O) groups excluding carboxylic acids is 1. The summed E-state index contributed by atoms with van der Waals surface area (Å²) in [6.07, 6.45) is 9.23. The topological polar surface area (TPSA) is 135 Å². The summed E-state index contributed by atoms with van der Waals surface area (Å²) in [7, 11) is 0. The van der Waals surface area contributed by atoms with E-state index in [1.165, 1.54) is 22.4 Å². The predicted molar refractivity (Wildman–Crippen MR) is 131 cm³/mol. The molecule has 2 aromatic rings. The summed E-state index contributed by atoms with van der Waals surface area (Å²) in [5.74, 6) is -2.70. The van der Waals surface area contributed by atoms with Gasteiger partial charge in [0.15, 0.2) is 10.9 Å². The number of halogens is 2. The van der Waals surface area contributed by atoms with Crippen LogP contribution >= 0.6 is 11.3 Å². The number of alkyl halides is 2. The third kappa shape index (κ3) is 5.12. The molecule has 1 amide bonds. The van der Waals surface area contributed by atoms with Crippen LogP contribution in [-0.4, -0.2) is 45.2 Å². The Balaban J connectivity index is 1.46. The number of hydrogen-bond donors (Lipinski definition) is 3. The Kier molecular flexibility index (Phi) is 6.39. The highest BCUT2D eigenvalue weighted by Gasteiger charge is 2.49. The van der Waals surface area contributed by atoms with Gasteiger partial charge >= 0.3 is 0 Å². The number of amidine groups is 1. The standard InChI is InChI=1S/C23H28F2N8OS/c24-23(25)11-17(20(34)32-22-28-8-9-35-22)33(12-23)21-29-16-7-3-6-14(16)19(31-21)30-18(27)10-15(26)13-4-1-2-5-13/h8-10,13,17H,1-7,11-12,26H2,(H,28,32,34)(H2,27,29,30,31)/b15-10-. The Labute approximate surface area is 205 Å². The van der Waals surface area contributed by atoms with Crippen LogP contribution in [0.1, 0.15) is 49.8 Å². The molecule has 5 rings (SSSR count). The van der Waals surface area contributed by atoms with E-state index in [1.807, 2.05) is 0 Å². The van der Waals surface area contributed by atoms with E-state index in [9.17, 15) is 13.6 Å². The fourth-order valence-electron chi connectivity index (χ4n) is 5.06. The van der Waals surface area contributed by atoms with Crippen molar-refractivity contribution in [3.63, 3.8) is 0 Å². The van der Waals surface area contributed by atoms with Gasteiger partial charge in [-0.05, 0) is 44.1 Å². The Morgan fingerprint density at radius 1 is 1.23 bits per heavy atom. The fourth-order valence-corrected chi connectivity index (χ4v) is 5.59. The van der Waals surface area contributed by atoms with E-state index < -0.39 is 30.8 Å². The fraction of sp³-hybridized carbons (Fsp3) is 0.522. The Morgan fingerprint density at radius 3 is 2.77 bits per heavy atom. The second kappa shape index (κ2) is 9.48. The van der Waals surface area contributed by atoms with Crippen molar-refractivity contribution in [1.29, 1.82) is 0 Å².